The number of halogens is 3. The smallest absolute Gasteiger partial charge is 0.249 e. The molecular formula is C7H7F3NS. The summed E-state index contributed by atoms with van der Waals surface area (Å²) in [4.78, 5) is 2.98. The van der Waals surface area contributed by atoms with Crippen LogP contribution in [0.2, 0.25) is 0 Å². The molecule has 0 aromatic carbocycles. The van der Waals surface area contributed by atoms with Crippen LogP contribution in [0.3, 0.4) is 0 Å². The Balaban J connectivity index is 2.77. The van der Waals surface area contributed by atoms with E-state index in [0.29, 0.717) is 22.8 Å². The second-order valence-corrected chi connectivity index (χ2v) is 3.24. The summed E-state index contributed by atoms with van der Waals surface area (Å²) in [6, 6.07) is 0. The molecule has 5 heteroatoms. The first-order chi connectivity index (χ1) is 5.54. The Morgan fingerprint density at radius 2 is 2.25 bits per heavy atom. The number of aromatic nitrogens is 1. The van der Waals surface area contributed by atoms with Crippen molar-refractivity contribution in [1.29, 1.82) is 0 Å². The summed E-state index contributed by atoms with van der Waals surface area (Å²) in [5, 5.41) is 0.435. The van der Waals surface area contributed by atoms with Crippen LogP contribution in [-0.4, -0.2) is 4.98 Å². The Morgan fingerprint density at radius 1 is 1.58 bits per heavy atom. The molecule has 0 saturated carbocycles. The molecule has 1 aromatic rings. The van der Waals surface area contributed by atoms with E-state index in [9.17, 15) is 13.2 Å². The summed E-state index contributed by atoms with van der Waals surface area (Å²) in [7, 11) is 0. The van der Waals surface area contributed by atoms with E-state index in [1.165, 1.54) is 0 Å². The number of rotatable bonds is 2. The number of thiazole rings is 1. The molecule has 0 unspecified atom stereocenters. The van der Waals surface area contributed by atoms with Gasteiger partial charge in [-0.05, 0) is 6.42 Å². The lowest BCUT2D eigenvalue weighted by molar-refractivity contribution is -0.134. The molecule has 1 aromatic heterocycles. The van der Waals surface area contributed by atoms with E-state index >= 15 is 0 Å². The third-order valence-corrected chi connectivity index (χ3v) is 2.22. The average Bonchev–Trinajstić information content (AvgIpc) is 2.35. The summed E-state index contributed by atoms with van der Waals surface area (Å²) in [6.07, 6.45) is -1.02. The highest BCUT2D eigenvalue weighted by Gasteiger charge is 2.32. The van der Waals surface area contributed by atoms with Gasteiger partial charge in [0.25, 0.3) is 0 Å². The molecular weight excluding hydrogens is 187 g/mol. The van der Waals surface area contributed by atoms with Gasteiger partial charge in [0.2, 0.25) is 0 Å². The maximum atomic E-state index is 12.0. The minimum atomic E-state index is -4.25. The topological polar surface area (TPSA) is 12.9 Å². The predicted octanol–water partition coefficient (Wildman–Crippen LogP) is 3.12. The largest absolute Gasteiger partial charge is 0.427 e. The summed E-state index contributed by atoms with van der Waals surface area (Å²) in [5.74, 6) is 0. The van der Waals surface area contributed by atoms with Gasteiger partial charge in [0.1, 0.15) is 4.88 Å². The number of hydrogen-bond donors (Lipinski definition) is 0. The molecule has 1 nitrogen and oxygen atoms in total. The molecule has 0 aliphatic heterocycles. The van der Waals surface area contributed by atoms with E-state index in [1.807, 2.05) is 6.92 Å². The molecule has 67 valence electrons. The van der Waals surface area contributed by atoms with Gasteiger partial charge in [0.15, 0.2) is 0 Å². The molecule has 0 aliphatic rings. The van der Waals surface area contributed by atoms with E-state index in [0.717, 1.165) is 6.20 Å². The van der Waals surface area contributed by atoms with Crippen molar-refractivity contribution in [2.75, 3.05) is 0 Å². The van der Waals surface area contributed by atoms with Crippen LogP contribution in [0, 0.1) is 6.42 Å². The van der Waals surface area contributed by atoms with Crippen LogP contribution in [0.1, 0.15) is 23.2 Å². The van der Waals surface area contributed by atoms with Gasteiger partial charge in [-0.15, -0.1) is 11.3 Å². The van der Waals surface area contributed by atoms with E-state index in [-0.39, 0.29) is 0 Å². The molecule has 0 N–H and O–H groups in total. The van der Waals surface area contributed by atoms with Crippen molar-refractivity contribution in [1.82, 2.24) is 4.98 Å². The molecule has 1 radical (unpaired) electrons. The van der Waals surface area contributed by atoms with Gasteiger partial charge >= 0.3 is 6.18 Å². The van der Waals surface area contributed by atoms with E-state index < -0.39 is 11.1 Å². The number of nitrogens with zero attached hydrogens (tertiary/aromatic N) is 1. The van der Waals surface area contributed by atoms with Gasteiger partial charge in [-0.25, -0.2) is 4.98 Å². The Bertz CT molecular complexity index is 253. The summed E-state index contributed by atoms with van der Waals surface area (Å²) < 4.78 is 36.0. The van der Waals surface area contributed by atoms with Crippen molar-refractivity contribution >= 4 is 11.3 Å². The Kier molecular flexibility index (Phi) is 2.72. The van der Waals surface area contributed by atoms with Crippen molar-refractivity contribution in [3.05, 3.63) is 22.5 Å². The highest BCUT2D eigenvalue weighted by Crippen LogP contribution is 2.33. The highest BCUT2D eigenvalue weighted by molar-refractivity contribution is 7.11. The van der Waals surface area contributed by atoms with Gasteiger partial charge in [0, 0.05) is 6.42 Å². The maximum Gasteiger partial charge on any atom is 0.427 e. The van der Waals surface area contributed by atoms with Crippen LogP contribution in [0.25, 0.3) is 0 Å². The molecule has 0 aliphatic carbocycles. The molecule has 1 rings (SSSR count). The number of hydrogen-bond acceptors (Lipinski definition) is 2. The molecule has 12 heavy (non-hydrogen) atoms. The first-order valence-electron chi connectivity index (χ1n) is 3.40. The minimum absolute atomic E-state index is 0.435. The van der Waals surface area contributed by atoms with Gasteiger partial charge in [-0.3, -0.25) is 0 Å². The standard InChI is InChI=1S/C7H7F3NS/c1-2-3-6-11-4-5(12-6)7(8,9)10/h3-4H,2H2,1H3. The van der Waals surface area contributed by atoms with Crippen molar-refractivity contribution in [2.24, 2.45) is 0 Å². The fourth-order valence-electron chi connectivity index (χ4n) is 0.688. The quantitative estimate of drug-likeness (QED) is 0.704. The molecule has 0 atom stereocenters. The molecule has 0 saturated heterocycles. The van der Waals surface area contributed by atoms with Crippen LogP contribution in [-0.2, 0) is 6.18 Å². The zero-order valence-electron chi connectivity index (χ0n) is 6.35. The fraction of sp³-hybridized carbons (Fsp3) is 0.429. The molecule has 0 bridgehead atoms. The maximum absolute atomic E-state index is 12.0. The summed E-state index contributed by atoms with van der Waals surface area (Å²) in [5.41, 5.74) is 0. The van der Waals surface area contributed by atoms with E-state index in [1.54, 1.807) is 6.42 Å². The minimum Gasteiger partial charge on any atom is -0.249 e. The third kappa shape index (κ3) is 2.20. The van der Waals surface area contributed by atoms with Gasteiger partial charge in [-0.1, -0.05) is 6.92 Å². The second-order valence-electron chi connectivity index (χ2n) is 2.17. The van der Waals surface area contributed by atoms with Crippen LogP contribution >= 0.6 is 11.3 Å². The van der Waals surface area contributed by atoms with Gasteiger partial charge in [0.05, 0.1) is 11.2 Å². The SMILES string of the molecule is CC[CH]c1ncc(C(F)(F)F)s1. The lowest BCUT2D eigenvalue weighted by Crippen LogP contribution is -2.00. The van der Waals surface area contributed by atoms with Crippen LogP contribution < -0.4 is 0 Å². The molecule has 0 fully saturated rings. The summed E-state index contributed by atoms with van der Waals surface area (Å²) >= 11 is 0.673. The van der Waals surface area contributed by atoms with Crippen molar-refractivity contribution < 1.29 is 13.2 Å². The predicted molar refractivity (Wildman–Crippen MR) is 40.8 cm³/mol. The van der Waals surface area contributed by atoms with Gasteiger partial charge in [-0.2, -0.15) is 13.2 Å². The molecule has 0 spiro atoms. The van der Waals surface area contributed by atoms with Crippen molar-refractivity contribution in [3.63, 3.8) is 0 Å². The number of alkyl halides is 3. The van der Waals surface area contributed by atoms with E-state index in [2.05, 4.69) is 4.98 Å². The Hall–Kier alpha value is -0.580. The van der Waals surface area contributed by atoms with Crippen LogP contribution in [0.15, 0.2) is 6.20 Å². The van der Waals surface area contributed by atoms with Crippen molar-refractivity contribution in [3.8, 4) is 0 Å². The Morgan fingerprint density at radius 3 is 2.67 bits per heavy atom. The first-order valence-corrected chi connectivity index (χ1v) is 4.22. The molecule has 1 heterocycles. The van der Waals surface area contributed by atoms with E-state index in [4.69, 9.17) is 0 Å². The molecule has 0 amide bonds. The zero-order chi connectivity index (χ0) is 9.19. The summed E-state index contributed by atoms with van der Waals surface area (Å²) in [6.45, 7) is 1.86. The Labute approximate surface area is 72.2 Å². The van der Waals surface area contributed by atoms with Crippen LogP contribution in [0.4, 0.5) is 13.2 Å². The normalized spacial score (nSPS) is 12.0. The first kappa shape index (κ1) is 9.51. The van der Waals surface area contributed by atoms with Crippen LogP contribution in [0.5, 0.6) is 0 Å². The highest BCUT2D eigenvalue weighted by atomic mass is 32.1. The lowest BCUT2D eigenvalue weighted by atomic mass is 10.4. The fourth-order valence-corrected chi connectivity index (χ4v) is 1.49. The second kappa shape index (κ2) is 3.43. The third-order valence-electron chi connectivity index (χ3n) is 1.18. The van der Waals surface area contributed by atoms with Crippen molar-refractivity contribution in [2.45, 2.75) is 19.5 Å². The zero-order valence-corrected chi connectivity index (χ0v) is 7.17. The van der Waals surface area contributed by atoms with Gasteiger partial charge < -0.3 is 0 Å². The monoisotopic (exact) mass is 194 g/mol. The lowest BCUT2D eigenvalue weighted by Gasteiger charge is -1.99. The average molecular weight is 194 g/mol.